The zero-order valence-corrected chi connectivity index (χ0v) is 15.0. The first kappa shape index (κ1) is 19.3. The minimum Gasteiger partial charge on any atom is -0.508 e. The fraction of sp³-hybridized carbons (Fsp3) is 0.389. The summed E-state index contributed by atoms with van der Waals surface area (Å²) in [6, 6.07) is 5.15. The molecule has 0 aliphatic carbocycles. The molecule has 3 amide bonds. The van der Waals surface area contributed by atoms with Crippen molar-refractivity contribution in [2.45, 2.75) is 39.2 Å². The van der Waals surface area contributed by atoms with Crippen LogP contribution in [0.2, 0.25) is 0 Å². The van der Waals surface area contributed by atoms with Gasteiger partial charge in [0.25, 0.3) is 0 Å². The number of aryl methyl sites for hydroxylation is 2. The summed E-state index contributed by atoms with van der Waals surface area (Å²) in [5.41, 5.74) is 9.33. The number of hydrogen-bond donors (Lipinski definition) is 5. The van der Waals surface area contributed by atoms with E-state index in [0.717, 1.165) is 35.4 Å². The fourth-order valence-corrected chi connectivity index (χ4v) is 2.71. The summed E-state index contributed by atoms with van der Waals surface area (Å²) in [5.74, 6) is -0.476. The van der Waals surface area contributed by atoms with E-state index in [9.17, 15) is 14.7 Å². The number of primary amides is 1. The van der Waals surface area contributed by atoms with E-state index in [1.807, 2.05) is 13.8 Å². The van der Waals surface area contributed by atoms with Crippen molar-refractivity contribution in [3.63, 3.8) is 0 Å². The van der Waals surface area contributed by atoms with Gasteiger partial charge in [-0.15, -0.1) is 0 Å². The van der Waals surface area contributed by atoms with Gasteiger partial charge in [0.15, 0.2) is 0 Å². The number of nitrogens with two attached hydrogens (primary N) is 1. The Labute approximate surface area is 152 Å². The van der Waals surface area contributed by atoms with Crippen molar-refractivity contribution in [3.05, 3.63) is 46.8 Å². The van der Waals surface area contributed by atoms with Crippen LogP contribution in [0.15, 0.2) is 24.3 Å². The van der Waals surface area contributed by atoms with Gasteiger partial charge in [-0.2, -0.15) is 5.10 Å². The minimum absolute atomic E-state index is 0.137. The molecule has 26 heavy (non-hydrogen) atoms. The van der Waals surface area contributed by atoms with Gasteiger partial charge in [0.2, 0.25) is 5.91 Å². The average Bonchev–Trinajstić information content (AvgIpc) is 2.91. The maximum absolute atomic E-state index is 12.0. The number of carbonyl (C=O) groups excluding carboxylic acids is 2. The Bertz CT molecular complexity index is 735. The summed E-state index contributed by atoms with van der Waals surface area (Å²) in [6.45, 7) is 4.39. The molecule has 1 heterocycles. The number of aromatic amines is 1. The van der Waals surface area contributed by atoms with Crippen molar-refractivity contribution in [3.8, 4) is 5.75 Å². The number of amides is 3. The van der Waals surface area contributed by atoms with Crippen molar-refractivity contribution in [1.29, 1.82) is 0 Å². The van der Waals surface area contributed by atoms with Crippen LogP contribution in [0, 0.1) is 13.8 Å². The molecule has 0 saturated heterocycles. The molecule has 0 aliphatic rings. The Morgan fingerprint density at radius 1 is 1.27 bits per heavy atom. The highest BCUT2D eigenvalue weighted by atomic mass is 16.3. The van der Waals surface area contributed by atoms with Gasteiger partial charge in [0.05, 0.1) is 5.69 Å². The first-order chi connectivity index (χ1) is 12.4. The third kappa shape index (κ3) is 5.51. The van der Waals surface area contributed by atoms with E-state index in [1.165, 1.54) is 12.1 Å². The number of rotatable bonds is 8. The monoisotopic (exact) mass is 359 g/mol. The first-order valence-corrected chi connectivity index (χ1v) is 8.49. The lowest BCUT2D eigenvalue weighted by molar-refractivity contribution is -0.119. The number of phenolic OH excluding ortho intramolecular Hbond substituents is 1. The molecule has 8 nitrogen and oxygen atoms in total. The van der Waals surface area contributed by atoms with Crippen LogP contribution >= 0.6 is 0 Å². The second kappa shape index (κ2) is 8.89. The number of phenols is 1. The molecule has 1 aromatic carbocycles. The standard InChI is InChI=1S/C18H25N5O3/c1-11-15(12(2)23-22-11)4-3-9-20-18(26)21-16(17(19)25)10-13-5-7-14(24)8-6-13/h5-8,16,24H,3-4,9-10H2,1-2H3,(H2,19,25)(H,22,23)(H2,20,21,26)/t16-/m0/s1. The predicted molar refractivity (Wildman–Crippen MR) is 97.7 cm³/mol. The van der Waals surface area contributed by atoms with E-state index in [0.29, 0.717) is 6.54 Å². The Morgan fingerprint density at radius 2 is 1.96 bits per heavy atom. The normalized spacial score (nSPS) is 11.8. The molecule has 1 aromatic heterocycles. The van der Waals surface area contributed by atoms with Gasteiger partial charge >= 0.3 is 6.03 Å². The molecule has 0 bridgehead atoms. The van der Waals surface area contributed by atoms with E-state index in [-0.39, 0.29) is 12.2 Å². The van der Waals surface area contributed by atoms with Crippen LogP contribution in [-0.4, -0.2) is 39.8 Å². The maximum atomic E-state index is 12.0. The van der Waals surface area contributed by atoms with Gasteiger partial charge in [-0.05, 0) is 49.9 Å². The highest BCUT2D eigenvalue weighted by Gasteiger charge is 2.18. The van der Waals surface area contributed by atoms with Crippen LogP contribution < -0.4 is 16.4 Å². The molecule has 0 saturated carbocycles. The van der Waals surface area contributed by atoms with Crippen molar-refractivity contribution < 1.29 is 14.7 Å². The molecule has 0 radical (unpaired) electrons. The first-order valence-electron chi connectivity index (χ1n) is 8.49. The Morgan fingerprint density at radius 3 is 2.54 bits per heavy atom. The zero-order valence-electron chi connectivity index (χ0n) is 15.0. The lowest BCUT2D eigenvalue weighted by atomic mass is 10.1. The van der Waals surface area contributed by atoms with Gasteiger partial charge < -0.3 is 21.5 Å². The molecule has 1 atom stereocenters. The number of nitrogens with zero attached hydrogens (tertiary/aromatic N) is 1. The van der Waals surface area contributed by atoms with E-state index in [1.54, 1.807) is 12.1 Å². The van der Waals surface area contributed by atoms with Gasteiger partial charge in [-0.1, -0.05) is 12.1 Å². The second-order valence-electron chi connectivity index (χ2n) is 6.24. The van der Waals surface area contributed by atoms with E-state index >= 15 is 0 Å². The van der Waals surface area contributed by atoms with E-state index in [4.69, 9.17) is 5.73 Å². The lowest BCUT2D eigenvalue weighted by Gasteiger charge is -2.16. The molecule has 2 rings (SSSR count). The van der Waals surface area contributed by atoms with E-state index < -0.39 is 18.0 Å². The summed E-state index contributed by atoms with van der Waals surface area (Å²) in [7, 11) is 0. The molecule has 140 valence electrons. The predicted octanol–water partition coefficient (Wildman–Crippen LogP) is 1.06. The van der Waals surface area contributed by atoms with Crippen LogP contribution in [0.25, 0.3) is 0 Å². The number of aromatic hydroxyl groups is 1. The number of aromatic nitrogens is 2. The van der Waals surface area contributed by atoms with Crippen LogP contribution in [0.1, 0.15) is 28.9 Å². The number of benzene rings is 1. The summed E-state index contributed by atoms with van der Waals surface area (Å²) in [4.78, 5) is 23.6. The van der Waals surface area contributed by atoms with Gasteiger partial charge in [-0.3, -0.25) is 9.89 Å². The molecule has 0 fully saturated rings. The smallest absolute Gasteiger partial charge is 0.315 e. The summed E-state index contributed by atoms with van der Waals surface area (Å²) >= 11 is 0. The highest BCUT2D eigenvalue weighted by Crippen LogP contribution is 2.12. The summed E-state index contributed by atoms with van der Waals surface area (Å²) in [5, 5.41) is 21.7. The third-order valence-electron chi connectivity index (χ3n) is 4.19. The molecular formula is C18H25N5O3. The minimum atomic E-state index is -0.821. The van der Waals surface area contributed by atoms with Crippen LogP contribution in [0.3, 0.4) is 0 Å². The largest absolute Gasteiger partial charge is 0.508 e. The Hall–Kier alpha value is -3.03. The van der Waals surface area contributed by atoms with Crippen LogP contribution in [-0.2, 0) is 17.6 Å². The van der Waals surface area contributed by atoms with Gasteiger partial charge in [0.1, 0.15) is 11.8 Å². The SMILES string of the molecule is Cc1n[nH]c(C)c1CCCNC(=O)N[C@@H](Cc1ccc(O)cc1)C(N)=O. The summed E-state index contributed by atoms with van der Waals surface area (Å²) in [6.07, 6.45) is 1.82. The zero-order chi connectivity index (χ0) is 19.1. The van der Waals surface area contributed by atoms with E-state index in [2.05, 4.69) is 20.8 Å². The lowest BCUT2D eigenvalue weighted by Crippen LogP contribution is -2.49. The highest BCUT2D eigenvalue weighted by molar-refractivity contribution is 5.86. The molecule has 2 aromatic rings. The molecule has 6 N–H and O–H groups in total. The Kier molecular flexibility index (Phi) is 6.60. The molecule has 0 unspecified atom stereocenters. The topological polar surface area (TPSA) is 133 Å². The number of hydrogen-bond acceptors (Lipinski definition) is 4. The van der Waals surface area contributed by atoms with Gasteiger partial charge in [-0.25, -0.2) is 4.79 Å². The maximum Gasteiger partial charge on any atom is 0.315 e. The Balaban J connectivity index is 1.78. The molecule has 0 aliphatic heterocycles. The van der Waals surface area contributed by atoms with Crippen LogP contribution in [0.5, 0.6) is 5.75 Å². The van der Waals surface area contributed by atoms with Gasteiger partial charge in [0, 0.05) is 18.7 Å². The fourth-order valence-electron chi connectivity index (χ4n) is 2.71. The van der Waals surface area contributed by atoms with Crippen molar-refractivity contribution in [1.82, 2.24) is 20.8 Å². The summed E-state index contributed by atoms with van der Waals surface area (Å²) < 4.78 is 0. The van der Waals surface area contributed by atoms with Crippen LogP contribution in [0.4, 0.5) is 4.79 Å². The average molecular weight is 359 g/mol. The number of H-pyrrole nitrogens is 1. The number of carbonyl (C=O) groups is 2. The van der Waals surface area contributed by atoms with Crippen molar-refractivity contribution >= 4 is 11.9 Å². The molecule has 0 spiro atoms. The second-order valence-corrected chi connectivity index (χ2v) is 6.24. The van der Waals surface area contributed by atoms with Crippen molar-refractivity contribution in [2.24, 2.45) is 5.73 Å². The molecule has 8 heteroatoms. The third-order valence-corrected chi connectivity index (χ3v) is 4.19. The number of nitrogens with one attached hydrogen (secondary N) is 3. The number of urea groups is 1. The quantitative estimate of drug-likeness (QED) is 0.451. The van der Waals surface area contributed by atoms with Crippen molar-refractivity contribution in [2.75, 3.05) is 6.54 Å². The molecular weight excluding hydrogens is 334 g/mol.